The molecule has 4 rings (SSSR count). The Labute approximate surface area is 179 Å². The predicted molar refractivity (Wildman–Crippen MR) is 121 cm³/mol. The number of nitrogens with one attached hydrogen (secondary N) is 2. The summed E-state index contributed by atoms with van der Waals surface area (Å²) in [5.41, 5.74) is 5.79. The number of aromatic nitrogens is 2. The molecule has 0 unspecified atom stereocenters. The van der Waals surface area contributed by atoms with E-state index in [0.717, 1.165) is 34.3 Å². The average molecular weight is 414 g/mol. The Bertz CT molecular complexity index is 1230. The second-order valence-electron chi connectivity index (χ2n) is 7.45. The molecule has 0 fully saturated rings. The van der Waals surface area contributed by atoms with Crippen molar-refractivity contribution in [2.75, 3.05) is 5.32 Å². The van der Waals surface area contributed by atoms with Crippen LogP contribution in [0, 0.1) is 17.0 Å². The van der Waals surface area contributed by atoms with E-state index in [2.05, 4.69) is 40.4 Å². The number of fused-ring (bicyclic) bond motifs is 1. The second-order valence-corrected chi connectivity index (χ2v) is 7.45. The van der Waals surface area contributed by atoms with Crippen molar-refractivity contribution in [1.29, 1.82) is 0 Å². The minimum absolute atomic E-state index is 0.00493. The van der Waals surface area contributed by atoms with Gasteiger partial charge < -0.3 is 10.3 Å². The quantitative estimate of drug-likeness (QED) is 0.312. The Morgan fingerprint density at radius 1 is 1.13 bits per heavy atom. The molecule has 0 aliphatic carbocycles. The van der Waals surface area contributed by atoms with Crippen molar-refractivity contribution in [2.24, 2.45) is 0 Å². The molecule has 31 heavy (non-hydrogen) atoms. The number of benzene rings is 2. The van der Waals surface area contributed by atoms with E-state index in [0.29, 0.717) is 18.5 Å². The topological polar surface area (TPSA) is 101 Å². The first-order valence-electron chi connectivity index (χ1n) is 10.1. The monoisotopic (exact) mass is 414 g/mol. The summed E-state index contributed by atoms with van der Waals surface area (Å²) in [5.74, 6) is -0.121. The Morgan fingerprint density at radius 2 is 1.94 bits per heavy atom. The number of rotatable bonds is 7. The maximum atomic E-state index is 12.4. The molecule has 0 saturated carbocycles. The number of aryl methyl sites for hydroxylation is 2. The highest BCUT2D eigenvalue weighted by Gasteiger charge is 2.15. The maximum absolute atomic E-state index is 12.4. The number of carbonyl (C=O) groups excluding carboxylic acids is 1. The smallest absolute Gasteiger partial charge is 0.269 e. The van der Waals surface area contributed by atoms with E-state index in [4.69, 9.17) is 0 Å². The molecule has 4 aromatic rings. The first-order chi connectivity index (χ1) is 15.0. The summed E-state index contributed by atoms with van der Waals surface area (Å²) in [5, 5.41) is 14.7. The number of hydrogen-bond acceptors (Lipinski definition) is 4. The van der Waals surface area contributed by atoms with Crippen LogP contribution < -0.4 is 5.32 Å². The molecule has 7 heteroatoms. The summed E-state index contributed by atoms with van der Waals surface area (Å²) in [6.45, 7) is 2.06. The SMILES string of the molecule is Cc1ccc2[nH]c(-c3ccccn3)c(CCCC(=O)Nc3ccc([N+](=O)[O-])cc3)c2c1. The zero-order valence-electron chi connectivity index (χ0n) is 17.1. The van der Waals surface area contributed by atoms with Crippen LogP contribution >= 0.6 is 0 Å². The highest BCUT2D eigenvalue weighted by molar-refractivity contribution is 5.92. The number of nitrogens with zero attached hydrogens (tertiary/aromatic N) is 2. The third-order valence-corrected chi connectivity index (χ3v) is 5.18. The van der Waals surface area contributed by atoms with E-state index in [1.54, 1.807) is 6.20 Å². The summed E-state index contributed by atoms with van der Waals surface area (Å²) in [4.78, 5) is 30.6. The number of H-pyrrole nitrogens is 1. The van der Waals surface area contributed by atoms with E-state index in [1.165, 1.54) is 29.8 Å². The Hall–Kier alpha value is -4.00. The van der Waals surface area contributed by atoms with Gasteiger partial charge in [0, 0.05) is 41.3 Å². The molecule has 0 spiro atoms. The third kappa shape index (κ3) is 4.61. The van der Waals surface area contributed by atoms with E-state index in [1.807, 2.05) is 18.2 Å². The van der Waals surface area contributed by atoms with Crippen molar-refractivity contribution in [1.82, 2.24) is 9.97 Å². The fraction of sp³-hybridized carbons (Fsp3) is 0.167. The van der Waals surface area contributed by atoms with Crippen molar-refractivity contribution in [2.45, 2.75) is 26.2 Å². The van der Waals surface area contributed by atoms with Crippen LogP contribution in [0.2, 0.25) is 0 Å². The number of nitro groups is 1. The third-order valence-electron chi connectivity index (χ3n) is 5.18. The van der Waals surface area contributed by atoms with Gasteiger partial charge in [-0.15, -0.1) is 0 Å². The van der Waals surface area contributed by atoms with Gasteiger partial charge in [-0.25, -0.2) is 0 Å². The Morgan fingerprint density at radius 3 is 2.65 bits per heavy atom. The number of hydrogen-bond donors (Lipinski definition) is 2. The van der Waals surface area contributed by atoms with Gasteiger partial charge in [0.15, 0.2) is 0 Å². The molecule has 2 aromatic heterocycles. The zero-order valence-corrected chi connectivity index (χ0v) is 17.1. The van der Waals surface area contributed by atoms with Crippen molar-refractivity contribution >= 4 is 28.2 Å². The fourth-order valence-electron chi connectivity index (χ4n) is 3.67. The van der Waals surface area contributed by atoms with Crippen LogP contribution in [0.25, 0.3) is 22.3 Å². The first-order valence-corrected chi connectivity index (χ1v) is 10.1. The fourth-order valence-corrected chi connectivity index (χ4v) is 3.67. The van der Waals surface area contributed by atoms with Crippen LogP contribution in [0.4, 0.5) is 11.4 Å². The molecule has 0 saturated heterocycles. The van der Waals surface area contributed by atoms with Gasteiger partial charge >= 0.3 is 0 Å². The summed E-state index contributed by atoms with van der Waals surface area (Å²) in [6, 6.07) is 18.0. The molecule has 1 amide bonds. The molecule has 2 aromatic carbocycles. The second kappa shape index (κ2) is 8.79. The van der Waals surface area contributed by atoms with Gasteiger partial charge in [-0.3, -0.25) is 19.9 Å². The molecule has 2 N–H and O–H groups in total. The molecule has 156 valence electrons. The van der Waals surface area contributed by atoms with Gasteiger partial charge in [0.1, 0.15) is 0 Å². The number of nitro benzene ring substituents is 1. The van der Waals surface area contributed by atoms with Gasteiger partial charge in [0.2, 0.25) is 5.91 Å². The van der Waals surface area contributed by atoms with Crippen molar-refractivity contribution in [3.8, 4) is 11.4 Å². The van der Waals surface area contributed by atoms with Crippen molar-refractivity contribution in [3.63, 3.8) is 0 Å². The number of pyridine rings is 1. The Kier molecular flexibility index (Phi) is 5.75. The van der Waals surface area contributed by atoms with Gasteiger partial charge in [-0.1, -0.05) is 17.7 Å². The van der Waals surface area contributed by atoms with Gasteiger partial charge in [0.05, 0.1) is 16.3 Å². The number of amides is 1. The summed E-state index contributed by atoms with van der Waals surface area (Å²) in [6.07, 6.45) is 3.51. The van der Waals surface area contributed by atoms with Crippen LogP contribution in [-0.4, -0.2) is 20.8 Å². The minimum atomic E-state index is -0.465. The highest BCUT2D eigenvalue weighted by atomic mass is 16.6. The first kappa shape index (κ1) is 20.3. The lowest BCUT2D eigenvalue weighted by atomic mass is 10.0. The molecule has 0 bridgehead atoms. The normalized spacial score (nSPS) is 10.9. The van der Waals surface area contributed by atoms with Gasteiger partial charge in [0.25, 0.3) is 5.69 Å². The van der Waals surface area contributed by atoms with E-state index >= 15 is 0 Å². The average Bonchev–Trinajstić information content (AvgIpc) is 3.12. The van der Waals surface area contributed by atoms with Crippen LogP contribution in [0.15, 0.2) is 66.9 Å². The number of anilines is 1. The van der Waals surface area contributed by atoms with E-state index in [9.17, 15) is 14.9 Å². The predicted octanol–water partition coefficient (Wildman–Crippen LogP) is 5.41. The van der Waals surface area contributed by atoms with Crippen LogP contribution in [-0.2, 0) is 11.2 Å². The summed E-state index contributed by atoms with van der Waals surface area (Å²) in [7, 11) is 0. The number of non-ortho nitro benzene ring substituents is 1. The van der Waals surface area contributed by atoms with Crippen LogP contribution in [0.3, 0.4) is 0 Å². The molecule has 2 heterocycles. The van der Waals surface area contributed by atoms with Gasteiger partial charge in [-0.05, 0) is 61.7 Å². The highest BCUT2D eigenvalue weighted by Crippen LogP contribution is 2.31. The van der Waals surface area contributed by atoms with E-state index in [-0.39, 0.29) is 11.6 Å². The lowest BCUT2D eigenvalue weighted by molar-refractivity contribution is -0.384. The largest absolute Gasteiger partial charge is 0.353 e. The molecule has 0 atom stereocenters. The molecule has 0 radical (unpaired) electrons. The molecular weight excluding hydrogens is 392 g/mol. The molecular formula is C24H22N4O3. The van der Waals surface area contributed by atoms with Crippen molar-refractivity contribution < 1.29 is 9.72 Å². The Balaban J connectivity index is 1.47. The van der Waals surface area contributed by atoms with Crippen LogP contribution in [0.5, 0.6) is 0 Å². The molecule has 0 aliphatic heterocycles. The van der Waals surface area contributed by atoms with Crippen molar-refractivity contribution in [3.05, 3.63) is 88.1 Å². The van der Waals surface area contributed by atoms with Gasteiger partial charge in [-0.2, -0.15) is 0 Å². The molecule has 7 nitrogen and oxygen atoms in total. The van der Waals surface area contributed by atoms with E-state index < -0.39 is 4.92 Å². The number of carbonyl (C=O) groups is 1. The lowest BCUT2D eigenvalue weighted by Gasteiger charge is -2.07. The molecule has 0 aliphatic rings. The zero-order chi connectivity index (χ0) is 21.8. The minimum Gasteiger partial charge on any atom is -0.353 e. The summed E-state index contributed by atoms with van der Waals surface area (Å²) >= 11 is 0. The number of aromatic amines is 1. The standard InChI is InChI=1S/C24H22N4O3/c1-16-8-13-21-20(15-16)19(24(27-21)22-6-2-3-14-25-22)5-4-7-23(29)26-17-9-11-18(12-10-17)28(30)31/h2-3,6,8-15,27H,4-5,7H2,1H3,(H,26,29). The summed E-state index contributed by atoms with van der Waals surface area (Å²) < 4.78 is 0. The lowest BCUT2D eigenvalue weighted by Crippen LogP contribution is -2.11. The maximum Gasteiger partial charge on any atom is 0.269 e. The van der Waals surface area contributed by atoms with Crippen LogP contribution in [0.1, 0.15) is 24.0 Å².